The van der Waals surface area contributed by atoms with Crippen LogP contribution in [-0.4, -0.2) is 29.8 Å². The molecule has 1 aliphatic carbocycles. The molecule has 4 nitrogen and oxygen atoms in total. The van der Waals surface area contributed by atoms with E-state index in [-0.39, 0.29) is 17.7 Å². The Labute approximate surface area is 144 Å². The Morgan fingerprint density at radius 3 is 2.50 bits per heavy atom. The van der Waals surface area contributed by atoms with Gasteiger partial charge in [-0.05, 0) is 68.1 Å². The van der Waals surface area contributed by atoms with Gasteiger partial charge in [-0.25, -0.2) is 0 Å². The summed E-state index contributed by atoms with van der Waals surface area (Å²) in [5.74, 6) is -0.0602. The number of piperidine rings is 1. The Bertz CT molecular complexity index is 604. The molecule has 1 aromatic rings. The summed E-state index contributed by atoms with van der Waals surface area (Å²) in [5, 5.41) is 0. The second-order valence-electron chi connectivity index (χ2n) is 7.22. The van der Waals surface area contributed by atoms with Gasteiger partial charge in [-0.1, -0.05) is 18.2 Å². The number of carbonyl (C=O) groups is 2. The number of rotatable bonds is 5. The summed E-state index contributed by atoms with van der Waals surface area (Å²) in [5.41, 5.74) is 9.72. The molecule has 2 aliphatic rings. The van der Waals surface area contributed by atoms with Gasteiger partial charge in [0.2, 0.25) is 11.8 Å². The molecule has 1 aliphatic heterocycles. The molecule has 1 heterocycles. The third-order valence-corrected chi connectivity index (χ3v) is 5.52. The topological polar surface area (TPSA) is 63.4 Å². The van der Waals surface area contributed by atoms with E-state index in [0.29, 0.717) is 32.4 Å². The number of benzene rings is 1. The Hall–Kier alpha value is -1.84. The summed E-state index contributed by atoms with van der Waals surface area (Å²) in [7, 11) is 0. The minimum absolute atomic E-state index is 0.0513. The van der Waals surface area contributed by atoms with Crippen molar-refractivity contribution in [3.63, 3.8) is 0 Å². The number of nitrogens with zero attached hydrogens (tertiary/aromatic N) is 1. The largest absolute Gasteiger partial charge is 0.369 e. The SMILES string of the molecule is NC(=O)C1CCN(C(=O)CCCc2ccc3c(c2)CCCC3)CC1. The van der Waals surface area contributed by atoms with Gasteiger partial charge >= 0.3 is 0 Å². The monoisotopic (exact) mass is 328 g/mol. The zero-order valence-electron chi connectivity index (χ0n) is 14.4. The van der Waals surface area contributed by atoms with Crippen molar-refractivity contribution in [3.8, 4) is 0 Å². The summed E-state index contributed by atoms with van der Waals surface area (Å²) >= 11 is 0. The van der Waals surface area contributed by atoms with Gasteiger partial charge in [-0.2, -0.15) is 0 Å². The van der Waals surface area contributed by atoms with Crippen molar-refractivity contribution in [2.24, 2.45) is 11.7 Å². The average molecular weight is 328 g/mol. The maximum atomic E-state index is 12.3. The maximum absolute atomic E-state index is 12.3. The molecule has 0 bridgehead atoms. The first-order valence-corrected chi connectivity index (χ1v) is 9.31. The third-order valence-electron chi connectivity index (χ3n) is 5.52. The van der Waals surface area contributed by atoms with Crippen LogP contribution < -0.4 is 5.73 Å². The molecular formula is C20H28N2O2. The molecular weight excluding hydrogens is 300 g/mol. The van der Waals surface area contributed by atoms with Crippen LogP contribution in [0.25, 0.3) is 0 Å². The first kappa shape index (κ1) is 17.0. The Morgan fingerprint density at radius 2 is 1.79 bits per heavy atom. The van der Waals surface area contributed by atoms with Crippen LogP contribution in [0, 0.1) is 5.92 Å². The summed E-state index contributed by atoms with van der Waals surface area (Å²) < 4.78 is 0. The molecule has 0 radical (unpaired) electrons. The molecule has 24 heavy (non-hydrogen) atoms. The highest BCUT2D eigenvalue weighted by molar-refractivity contribution is 5.78. The van der Waals surface area contributed by atoms with Crippen molar-refractivity contribution in [2.75, 3.05) is 13.1 Å². The number of hydrogen-bond donors (Lipinski definition) is 1. The lowest BCUT2D eigenvalue weighted by Crippen LogP contribution is -2.41. The number of primary amides is 1. The van der Waals surface area contributed by atoms with Crippen LogP contribution in [0.5, 0.6) is 0 Å². The molecule has 0 spiro atoms. The van der Waals surface area contributed by atoms with E-state index in [1.165, 1.54) is 42.4 Å². The number of carbonyl (C=O) groups excluding carboxylic acids is 2. The van der Waals surface area contributed by atoms with Crippen molar-refractivity contribution < 1.29 is 9.59 Å². The van der Waals surface area contributed by atoms with Crippen LogP contribution in [-0.2, 0) is 28.9 Å². The fourth-order valence-corrected chi connectivity index (χ4v) is 3.96. The van der Waals surface area contributed by atoms with E-state index in [4.69, 9.17) is 5.73 Å². The van der Waals surface area contributed by atoms with Gasteiger partial charge < -0.3 is 10.6 Å². The van der Waals surface area contributed by atoms with Crippen LogP contribution in [0.1, 0.15) is 55.2 Å². The van der Waals surface area contributed by atoms with Crippen LogP contribution in [0.2, 0.25) is 0 Å². The number of amides is 2. The van der Waals surface area contributed by atoms with Crippen LogP contribution >= 0.6 is 0 Å². The highest BCUT2D eigenvalue weighted by Gasteiger charge is 2.25. The lowest BCUT2D eigenvalue weighted by atomic mass is 9.89. The first-order chi connectivity index (χ1) is 11.6. The average Bonchev–Trinajstić information content (AvgIpc) is 2.61. The van der Waals surface area contributed by atoms with Crippen molar-refractivity contribution in [1.82, 2.24) is 4.90 Å². The van der Waals surface area contributed by atoms with Gasteiger partial charge in [0.25, 0.3) is 0 Å². The number of nitrogens with two attached hydrogens (primary N) is 1. The van der Waals surface area contributed by atoms with Gasteiger partial charge in [0.05, 0.1) is 0 Å². The lowest BCUT2D eigenvalue weighted by molar-refractivity contribution is -0.134. The zero-order chi connectivity index (χ0) is 16.9. The molecule has 2 N–H and O–H groups in total. The van der Waals surface area contributed by atoms with E-state index in [1.807, 2.05) is 4.90 Å². The highest BCUT2D eigenvalue weighted by Crippen LogP contribution is 2.23. The van der Waals surface area contributed by atoms with Gasteiger partial charge in [0, 0.05) is 25.4 Å². The molecule has 0 atom stereocenters. The number of likely N-dealkylation sites (tertiary alicyclic amines) is 1. The standard InChI is InChI=1S/C20H28N2O2/c21-20(24)17-10-12-22(13-11-17)19(23)7-3-4-15-8-9-16-5-1-2-6-18(16)14-15/h8-9,14,17H,1-7,10-13H2,(H2,21,24). The first-order valence-electron chi connectivity index (χ1n) is 9.31. The van der Waals surface area contributed by atoms with Crippen molar-refractivity contribution in [2.45, 2.75) is 57.8 Å². The quantitative estimate of drug-likeness (QED) is 0.903. The number of aryl methyl sites for hydroxylation is 3. The van der Waals surface area contributed by atoms with E-state index in [2.05, 4.69) is 18.2 Å². The zero-order valence-corrected chi connectivity index (χ0v) is 14.4. The molecule has 1 aromatic carbocycles. The Kier molecular flexibility index (Phi) is 5.54. The van der Waals surface area contributed by atoms with Crippen molar-refractivity contribution in [3.05, 3.63) is 34.9 Å². The molecule has 0 saturated carbocycles. The van der Waals surface area contributed by atoms with E-state index < -0.39 is 0 Å². The summed E-state index contributed by atoms with van der Waals surface area (Å²) in [6, 6.07) is 6.85. The predicted octanol–water partition coefficient (Wildman–Crippen LogP) is 2.61. The second kappa shape index (κ2) is 7.82. The summed E-state index contributed by atoms with van der Waals surface area (Å²) in [4.78, 5) is 25.4. The van der Waals surface area contributed by atoms with E-state index in [0.717, 1.165) is 12.8 Å². The second-order valence-corrected chi connectivity index (χ2v) is 7.22. The highest BCUT2D eigenvalue weighted by atomic mass is 16.2. The van der Waals surface area contributed by atoms with Crippen molar-refractivity contribution in [1.29, 1.82) is 0 Å². The van der Waals surface area contributed by atoms with Crippen LogP contribution in [0.15, 0.2) is 18.2 Å². The molecule has 1 fully saturated rings. The molecule has 130 valence electrons. The third kappa shape index (κ3) is 4.16. The number of hydrogen-bond acceptors (Lipinski definition) is 2. The van der Waals surface area contributed by atoms with E-state index in [1.54, 1.807) is 0 Å². The van der Waals surface area contributed by atoms with E-state index >= 15 is 0 Å². The Morgan fingerprint density at radius 1 is 1.08 bits per heavy atom. The van der Waals surface area contributed by atoms with Crippen LogP contribution in [0.4, 0.5) is 0 Å². The summed E-state index contributed by atoms with van der Waals surface area (Å²) in [6.45, 7) is 1.34. The van der Waals surface area contributed by atoms with Gasteiger partial charge in [0.15, 0.2) is 0 Å². The van der Waals surface area contributed by atoms with Crippen LogP contribution in [0.3, 0.4) is 0 Å². The summed E-state index contributed by atoms with van der Waals surface area (Å²) in [6.07, 6.45) is 8.93. The van der Waals surface area contributed by atoms with Gasteiger partial charge in [-0.3, -0.25) is 9.59 Å². The number of fused-ring (bicyclic) bond motifs is 1. The predicted molar refractivity (Wildman–Crippen MR) is 94.5 cm³/mol. The smallest absolute Gasteiger partial charge is 0.222 e. The minimum Gasteiger partial charge on any atom is -0.369 e. The fourth-order valence-electron chi connectivity index (χ4n) is 3.96. The van der Waals surface area contributed by atoms with E-state index in [9.17, 15) is 9.59 Å². The molecule has 0 unspecified atom stereocenters. The lowest BCUT2D eigenvalue weighted by Gasteiger charge is -2.30. The van der Waals surface area contributed by atoms with Gasteiger partial charge in [0.1, 0.15) is 0 Å². The molecule has 0 aromatic heterocycles. The maximum Gasteiger partial charge on any atom is 0.222 e. The van der Waals surface area contributed by atoms with Gasteiger partial charge in [-0.15, -0.1) is 0 Å². The fraction of sp³-hybridized carbons (Fsp3) is 0.600. The van der Waals surface area contributed by atoms with Crippen molar-refractivity contribution >= 4 is 11.8 Å². The molecule has 4 heteroatoms. The Balaban J connectivity index is 1.43. The molecule has 3 rings (SSSR count). The molecule has 2 amide bonds. The normalized spacial score (nSPS) is 18.2. The molecule has 1 saturated heterocycles. The minimum atomic E-state index is -0.227.